The van der Waals surface area contributed by atoms with Crippen molar-refractivity contribution in [1.29, 1.82) is 0 Å². The number of rotatable bonds is 2. The van der Waals surface area contributed by atoms with Gasteiger partial charge in [0.15, 0.2) is 0 Å². The van der Waals surface area contributed by atoms with E-state index in [-0.39, 0.29) is 23.7 Å². The van der Waals surface area contributed by atoms with Crippen molar-refractivity contribution in [3.8, 4) is 0 Å². The number of carbonyl (C=O) groups excluding carboxylic acids is 1. The summed E-state index contributed by atoms with van der Waals surface area (Å²) in [5.41, 5.74) is 0.0655. The van der Waals surface area contributed by atoms with Crippen LogP contribution < -0.4 is 5.32 Å². The Kier molecular flexibility index (Phi) is 4.24. The van der Waals surface area contributed by atoms with Gasteiger partial charge < -0.3 is 10.1 Å². The highest BCUT2D eigenvalue weighted by atomic mass is 16.6. The Balaban J connectivity index is 3.93. The standard InChI is InChI=1S/C10H21NO2/c1-7(2)13-9(12)11-8(3)10(4,5)6/h7-8H,1-6H3,(H,11,12). The average molecular weight is 187 g/mol. The van der Waals surface area contributed by atoms with Gasteiger partial charge in [-0.1, -0.05) is 20.8 Å². The highest BCUT2D eigenvalue weighted by Gasteiger charge is 2.22. The van der Waals surface area contributed by atoms with E-state index < -0.39 is 0 Å². The van der Waals surface area contributed by atoms with Gasteiger partial charge in [-0.15, -0.1) is 0 Å². The van der Waals surface area contributed by atoms with Crippen LogP contribution in [0, 0.1) is 5.41 Å². The van der Waals surface area contributed by atoms with Crippen molar-refractivity contribution < 1.29 is 9.53 Å². The molecule has 0 aliphatic heterocycles. The molecular weight excluding hydrogens is 166 g/mol. The van der Waals surface area contributed by atoms with E-state index in [0.29, 0.717) is 0 Å². The van der Waals surface area contributed by atoms with Crippen molar-refractivity contribution in [3.63, 3.8) is 0 Å². The Morgan fingerprint density at radius 3 is 2.00 bits per heavy atom. The molecule has 0 aliphatic rings. The largest absolute Gasteiger partial charge is 0.447 e. The molecular formula is C10H21NO2. The molecule has 1 amide bonds. The van der Waals surface area contributed by atoms with Crippen molar-refractivity contribution in [2.45, 2.75) is 53.7 Å². The van der Waals surface area contributed by atoms with E-state index in [1.165, 1.54) is 0 Å². The topological polar surface area (TPSA) is 38.3 Å². The van der Waals surface area contributed by atoms with Crippen LogP contribution in [0.15, 0.2) is 0 Å². The fourth-order valence-electron chi connectivity index (χ4n) is 0.641. The lowest BCUT2D eigenvalue weighted by molar-refractivity contribution is 0.106. The Bertz CT molecular complexity index is 170. The minimum Gasteiger partial charge on any atom is -0.447 e. The van der Waals surface area contributed by atoms with E-state index in [1.54, 1.807) is 0 Å². The Morgan fingerprint density at radius 2 is 1.69 bits per heavy atom. The zero-order valence-corrected chi connectivity index (χ0v) is 9.47. The minimum atomic E-state index is -0.336. The first-order valence-electron chi connectivity index (χ1n) is 4.70. The molecule has 0 heterocycles. The molecule has 0 bridgehead atoms. The third kappa shape index (κ3) is 5.50. The van der Waals surface area contributed by atoms with Crippen LogP contribution in [0.5, 0.6) is 0 Å². The average Bonchev–Trinajstić information content (AvgIpc) is 1.82. The number of ether oxygens (including phenoxy) is 1. The van der Waals surface area contributed by atoms with Crippen molar-refractivity contribution in [2.75, 3.05) is 0 Å². The molecule has 13 heavy (non-hydrogen) atoms. The lowest BCUT2D eigenvalue weighted by atomic mass is 9.88. The molecule has 0 aromatic carbocycles. The van der Waals surface area contributed by atoms with Gasteiger partial charge in [0.1, 0.15) is 0 Å². The maximum absolute atomic E-state index is 11.2. The summed E-state index contributed by atoms with van der Waals surface area (Å²) >= 11 is 0. The molecule has 0 aromatic rings. The van der Waals surface area contributed by atoms with Crippen LogP contribution in [0.4, 0.5) is 4.79 Å². The summed E-state index contributed by atoms with van der Waals surface area (Å²) in [6, 6.07) is 0.110. The molecule has 1 unspecified atom stereocenters. The fraction of sp³-hybridized carbons (Fsp3) is 0.900. The number of carbonyl (C=O) groups is 1. The van der Waals surface area contributed by atoms with Crippen molar-refractivity contribution in [2.24, 2.45) is 5.41 Å². The third-order valence-electron chi connectivity index (χ3n) is 1.98. The zero-order valence-electron chi connectivity index (χ0n) is 9.47. The van der Waals surface area contributed by atoms with Gasteiger partial charge in [0.2, 0.25) is 0 Å². The highest BCUT2D eigenvalue weighted by Crippen LogP contribution is 2.18. The van der Waals surface area contributed by atoms with E-state index in [4.69, 9.17) is 4.74 Å². The van der Waals surface area contributed by atoms with Gasteiger partial charge in [0.25, 0.3) is 0 Å². The Hall–Kier alpha value is -0.730. The number of hydrogen-bond donors (Lipinski definition) is 1. The summed E-state index contributed by atoms with van der Waals surface area (Å²) in [6.07, 6.45) is -0.399. The summed E-state index contributed by atoms with van der Waals surface area (Å²) in [4.78, 5) is 11.2. The van der Waals surface area contributed by atoms with Gasteiger partial charge in [-0.3, -0.25) is 0 Å². The fourth-order valence-corrected chi connectivity index (χ4v) is 0.641. The molecule has 0 aromatic heterocycles. The monoisotopic (exact) mass is 187 g/mol. The zero-order chi connectivity index (χ0) is 10.6. The molecule has 0 spiro atoms. The highest BCUT2D eigenvalue weighted by molar-refractivity contribution is 5.67. The molecule has 1 N–H and O–H groups in total. The summed E-state index contributed by atoms with van der Waals surface area (Å²) in [5.74, 6) is 0. The number of nitrogens with one attached hydrogen (secondary N) is 1. The SMILES string of the molecule is CC(C)OC(=O)NC(C)C(C)(C)C. The maximum atomic E-state index is 11.2. The summed E-state index contributed by atoms with van der Waals surface area (Å²) in [7, 11) is 0. The second kappa shape index (κ2) is 4.49. The summed E-state index contributed by atoms with van der Waals surface area (Å²) < 4.78 is 4.97. The van der Waals surface area contributed by atoms with Crippen molar-refractivity contribution >= 4 is 6.09 Å². The molecule has 0 saturated heterocycles. The van der Waals surface area contributed by atoms with E-state index in [2.05, 4.69) is 26.1 Å². The normalized spacial score (nSPS) is 14.1. The second-order valence-corrected chi connectivity index (χ2v) is 4.69. The molecule has 1 atom stereocenters. The van der Waals surface area contributed by atoms with E-state index in [1.807, 2.05) is 20.8 Å². The lowest BCUT2D eigenvalue weighted by Crippen LogP contribution is -2.42. The van der Waals surface area contributed by atoms with Gasteiger partial charge in [0, 0.05) is 6.04 Å². The molecule has 3 heteroatoms. The van der Waals surface area contributed by atoms with Crippen molar-refractivity contribution in [3.05, 3.63) is 0 Å². The van der Waals surface area contributed by atoms with Gasteiger partial charge in [-0.25, -0.2) is 4.79 Å². The summed E-state index contributed by atoms with van der Waals surface area (Å²) in [5, 5.41) is 2.79. The van der Waals surface area contributed by atoms with Crippen LogP contribution in [-0.4, -0.2) is 18.2 Å². The minimum absolute atomic E-state index is 0.0628. The number of amides is 1. The predicted molar refractivity (Wildman–Crippen MR) is 53.7 cm³/mol. The predicted octanol–water partition coefficient (Wildman–Crippen LogP) is 2.56. The molecule has 0 rings (SSSR count). The smallest absolute Gasteiger partial charge is 0.407 e. The Labute approximate surface area is 80.8 Å². The van der Waals surface area contributed by atoms with Crippen LogP contribution >= 0.6 is 0 Å². The van der Waals surface area contributed by atoms with Crippen LogP contribution in [0.1, 0.15) is 41.5 Å². The van der Waals surface area contributed by atoms with E-state index in [9.17, 15) is 4.79 Å². The summed E-state index contributed by atoms with van der Waals surface area (Å²) in [6.45, 7) is 11.9. The molecule has 0 radical (unpaired) electrons. The number of alkyl carbamates (subject to hydrolysis) is 1. The maximum Gasteiger partial charge on any atom is 0.407 e. The van der Waals surface area contributed by atoms with Gasteiger partial charge >= 0.3 is 6.09 Å². The second-order valence-electron chi connectivity index (χ2n) is 4.69. The molecule has 78 valence electrons. The van der Waals surface area contributed by atoms with Crippen LogP contribution in [0.25, 0.3) is 0 Å². The lowest BCUT2D eigenvalue weighted by Gasteiger charge is -2.27. The first kappa shape index (κ1) is 12.3. The molecule has 3 nitrogen and oxygen atoms in total. The van der Waals surface area contributed by atoms with E-state index >= 15 is 0 Å². The van der Waals surface area contributed by atoms with Gasteiger partial charge in [0.05, 0.1) is 6.10 Å². The molecule has 0 saturated carbocycles. The van der Waals surface area contributed by atoms with Gasteiger partial charge in [-0.05, 0) is 26.2 Å². The van der Waals surface area contributed by atoms with Crippen LogP contribution in [-0.2, 0) is 4.74 Å². The Morgan fingerprint density at radius 1 is 1.23 bits per heavy atom. The van der Waals surface area contributed by atoms with Crippen molar-refractivity contribution in [1.82, 2.24) is 5.32 Å². The van der Waals surface area contributed by atoms with E-state index in [0.717, 1.165) is 0 Å². The molecule has 0 fully saturated rings. The van der Waals surface area contributed by atoms with Gasteiger partial charge in [-0.2, -0.15) is 0 Å². The first-order valence-corrected chi connectivity index (χ1v) is 4.70. The molecule has 0 aliphatic carbocycles. The first-order chi connectivity index (χ1) is 5.73. The van der Waals surface area contributed by atoms with Crippen LogP contribution in [0.3, 0.4) is 0 Å². The van der Waals surface area contributed by atoms with Crippen LogP contribution in [0.2, 0.25) is 0 Å². The third-order valence-corrected chi connectivity index (χ3v) is 1.98. The number of hydrogen-bond acceptors (Lipinski definition) is 2. The quantitative estimate of drug-likeness (QED) is 0.721.